The van der Waals surface area contributed by atoms with Gasteiger partial charge in [0, 0.05) is 6.92 Å². The van der Waals surface area contributed by atoms with Crippen LogP contribution in [0.3, 0.4) is 0 Å². The van der Waals surface area contributed by atoms with E-state index in [2.05, 4.69) is 10.1 Å². The van der Waals surface area contributed by atoms with Crippen molar-refractivity contribution in [1.29, 1.82) is 0 Å². The number of fused-ring (bicyclic) bond motifs is 1. The molecule has 4 aromatic rings. The third-order valence-electron chi connectivity index (χ3n) is 4.52. The number of benzene rings is 2. The number of thiazole rings is 1. The highest BCUT2D eigenvalue weighted by molar-refractivity contribution is 7.15. The van der Waals surface area contributed by atoms with E-state index in [-0.39, 0.29) is 17.3 Å². The molecule has 4 rings (SSSR count). The minimum atomic E-state index is -0.375. The molecule has 0 saturated heterocycles. The van der Waals surface area contributed by atoms with Gasteiger partial charge in [-0.25, -0.2) is 4.39 Å². The first kappa shape index (κ1) is 20.6. The molecule has 0 aliphatic rings. The molecule has 0 aliphatic carbocycles. The second kappa shape index (κ2) is 8.23. The van der Waals surface area contributed by atoms with Gasteiger partial charge in [0.25, 0.3) is 5.56 Å². The van der Waals surface area contributed by atoms with Gasteiger partial charge in [-0.05, 0) is 72.5 Å². The molecule has 0 bridgehead atoms. The van der Waals surface area contributed by atoms with Crippen molar-refractivity contribution in [2.24, 2.45) is 0 Å². The van der Waals surface area contributed by atoms with Crippen molar-refractivity contribution >= 4 is 40.5 Å². The zero-order chi connectivity index (χ0) is 22.1. The molecule has 0 spiro atoms. The van der Waals surface area contributed by atoms with Gasteiger partial charge in [0.05, 0.1) is 4.53 Å². The topological polar surface area (TPSA) is 73.6 Å². The van der Waals surface area contributed by atoms with Crippen molar-refractivity contribution in [2.75, 3.05) is 0 Å². The fourth-order valence-electron chi connectivity index (χ4n) is 3.19. The van der Waals surface area contributed by atoms with E-state index in [1.54, 1.807) is 30.4 Å². The average Bonchev–Trinajstić information content (AvgIpc) is 3.23. The molecule has 6 nitrogen and oxygen atoms in total. The van der Waals surface area contributed by atoms with Gasteiger partial charge < -0.3 is 4.74 Å². The van der Waals surface area contributed by atoms with Gasteiger partial charge in [-0.2, -0.15) is 9.50 Å². The molecular weight excluding hydrogens is 417 g/mol. The van der Waals surface area contributed by atoms with Crippen molar-refractivity contribution in [3.8, 4) is 5.75 Å². The number of aromatic nitrogens is 3. The van der Waals surface area contributed by atoms with Crippen molar-refractivity contribution in [1.82, 2.24) is 14.6 Å². The van der Waals surface area contributed by atoms with Gasteiger partial charge >= 0.3 is 5.97 Å². The van der Waals surface area contributed by atoms with E-state index in [0.717, 1.165) is 22.3 Å². The van der Waals surface area contributed by atoms with Crippen LogP contribution in [-0.4, -0.2) is 20.6 Å². The first-order chi connectivity index (χ1) is 14.8. The maximum Gasteiger partial charge on any atom is 0.308 e. The normalized spacial score (nSPS) is 12.2. The number of ether oxygens (including phenoxy) is 1. The number of esters is 1. The summed E-state index contributed by atoms with van der Waals surface area (Å²) in [6.07, 6.45) is 5.21. The summed E-state index contributed by atoms with van der Waals surface area (Å²) in [6.45, 7) is 5.06. The van der Waals surface area contributed by atoms with Crippen LogP contribution in [0, 0.1) is 19.7 Å². The highest BCUT2D eigenvalue weighted by atomic mass is 32.1. The highest BCUT2D eigenvalue weighted by Gasteiger charge is 2.11. The molecule has 31 heavy (non-hydrogen) atoms. The SMILES string of the molecule is CC(=O)Oc1c(C)cc(/C=c2/sc3nc(/C=C/c4ccc(F)cc4)nn3c2=O)cc1C. The largest absolute Gasteiger partial charge is 0.426 e. The van der Waals surface area contributed by atoms with Crippen molar-refractivity contribution in [2.45, 2.75) is 20.8 Å². The van der Waals surface area contributed by atoms with Crippen LogP contribution in [0.15, 0.2) is 41.2 Å². The summed E-state index contributed by atoms with van der Waals surface area (Å²) in [4.78, 5) is 28.9. The van der Waals surface area contributed by atoms with E-state index >= 15 is 0 Å². The lowest BCUT2D eigenvalue weighted by Gasteiger charge is -2.10. The predicted octanol–water partition coefficient (Wildman–Crippen LogP) is 3.55. The standard InChI is InChI=1S/C23H18FN3O3S/c1-13-10-17(11-14(2)21(13)30-15(3)28)12-19-22(29)27-23(31-19)25-20(26-27)9-6-16-4-7-18(24)8-5-16/h4-12H,1-3H3/b9-6+,19-12+. The molecule has 156 valence electrons. The second-order valence-electron chi connectivity index (χ2n) is 7.04. The molecule has 2 aromatic carbocycles. The van der Waals surface area contributed by atoms with Crippen LogP contribution < -0.4 is 14.8 Å². The van der Waals surface area contributed by atoms with Crippen LogP contribution in [0.2, 0.25) is 0 Å². The highest BCUT2D eigenvalue weighted by Crippen LogP contribution is 2.25. The second-order valence-corrected chi connectivity index (χ2v) is 8.05. The number of nitrogens with zero attached hydrogens (tertiary/aromatic N) is 3. The lowest BCUT2D eigenvalue weighted by atomic mass is 10.1. The molecule has 0 radical (unpaired) electrons. The zero-order valence-electron chi connectivity index (χ0n) is 17.0. The van der Waals surface area contributed by atoms with Gasteiger partial charge in [0.15, 0.2) is 5.82 Å². The van der Waals surface area contributed by atoms with Crippen LogP contribution >= 0.6 is 11.3 Å². The fourth-order valence-corrected chi connectivity index (χ4v) is 4.10. The minimum Gasteiger partial charge on any atom is -0.426 e. The van der Waals surface area contributed by atoms with Crippen molar-refractivity contribution < 1.29 is 13.9 Å². The van der Waals surface area contributed by atoms with Crippen LogP contribution in [0.5, 0.6) is 5.75 Å². The predicted molar refractivity (Wildman–Crippen MR) is 118 cm³/mol. The van der Waals surface area contributed by atoms with Crippen molar-refractivity contribution in [3.63, 3.8) is 0 Å². The summed E-state index contributed by atoms with van der Waals surface area (Å²) < 4.78 is 20.0. The molecule has 0 unspecified atom stereocenters. The fraction of sp³-hybridized carbons (Fsp3) is 0.130. The Morgan fingerprint density at radius 3 is 2.39 bits per heavy atom. The third kappa shape index (κ3) is 4.44. The molecular formula is C23H18FN3O3S. The van der Waals surface area contributed by atoms with Gasteiger partial charge in [0.2, 0.25) is 4.96 Å². The number of hydrogen-bond donors (Lipinski definition) is 0. The first-order valence-electron chi connectivity index (χ1n) is 9.45. The van der Waals surface area contributed by atoms with Gasteiger partial charge in [-0.15, -0.1) is 5.10 Å². The Morgan fingerprint density at radius 2 is 1.77 bits per heavy atom. The van der Waals surface area contributed by atoms with E-state index in [4.69, 9.17) is 4.74 Å². The van der Waals surface area contributed by atoms with E-state index in [0.29, 0.717) is 21.1 Å². The molecule has 0 N–H and O–H groups in total. The molecule has 0 fully saturated rings. The molecule has 2 aromatic heterocycles. The first-order valence-corrected chi connectivity index (χ1v) is 10.3. The van der Waals surface area contributed by atoms with Gasteiger partial charge in [0.1, 0.15) is 11.6 Å². The van der Waals surface area contributed by atoms with Crippen LogP contribution in [0.4, 0.5) is 4.39 Å². The summed E-state index contributed by atoms with van der Waals surface area (Å²) in [5.74, 6) is 0.257. The number of hydrogen-bond acceptors (Lipinski definition) is 6. The summed E-state index contributed by atoms with van der Waals surface area (Å²) in [7, 11) is 0. The Morgan fingerprint density at radius 1 is 1.10 bits per heavy atom. The molecule has 0 amide bonds. The van der Waals surface area contributed by atoms with E-state index in [1.807, 2.05) is 26.0 Å². The lowest BCUT2D eigenvalue weighted by Crippen LogP contribution is -2.23. The Balaban J connectivity index is 1.65. The summed E-state index contributed by atoms with van der Waals surface area (Å²) in [5.41, 5.74) is 2.99. The van der Waals surface area contributed by atoms with Gasteiger partial charge in [-0.3, -0.25) is 9.59 Å². The quantitative estimate of drug-likeness (QED) is 0.362. The third-order valence-corrected chi connectivity index (χ3v) is 5.48. The summed E-state index contributed by atoms with van der Waals surface area (Å²) in [5, 5.41) is 4.25. The van der Waals surface area contributed by atoms with Crippen LogP contribution in [-0.2, 0) is 4.79 Å². The Hall–Kier alpha value is -3.65. The van der Waals surface area contributed by atoms with Crippen LogP contribution in [0.1, 0.15) is 35.0 Å². The van der Waals surface area contributed by atoms with Crippen molar-refractivity contribution in [3.05, 3.63) is 85.2 Å². The van der Waals surface area contributed by atoms with E-state index in [1.165, 1.54) is 34.9 Å². The van der Waals surface area contributed by atoms with Gasteiger partial charge in [-0.1, -0.05) is 29.5 Å². The lowest BCUT2D eigenvalue weighted by molar-refractivity contribution is -0.131. The molecule has 0 atom stereocenters. The molecule has 8 heteroatoms. The Kier molecular flexibility index (Phi) is 5.48. The number of rotatable bonds is 4. The van der Waals surface area contributed by atoms with Crippen LogP contribution in [0.25, 0.3) is 23.2 Å². The summed E-state index contributed by atoms with van der Waals surface area (Å²) >= 11 is 1.24. The molecule has 2 heterocycles. The zero-order valence-corrected chi connectivity index (χ0v) is 17.9. The maximum atomic E-state index is 13.0. The Bertz CT molecular complexity index is 1410. The summed E-state index contributed by atoms with van der Waals surface area (Å²) in [6, 6.07) is 9.76. The number of aryl methyl sites for hydroxylation is 2. The smallest absolute Gasteiger partial charge is 0.308 e. The number of halogens is 1. The average molecular weight is 435 g/mol. The Labute approximate surface area is 180 Å². The monoisotopic (exact) mass is 435 g/mol. The van der Waals surface area contributed by atoms with E-state index in [9.17, 15) is 14.0 Å². The molecule has 0 aliphatic heterocycles. The number of carbonyl (C=O) groups excluding carboxylic acids is 1. The molecule has 0 saturated carbocycles. The maximum absolute atomic E-state index is 13.0. The number of carbonyl (C=O) groups is 1. The minimum absolute atomic E-state index is 0.256. The van der Waals surface area contributed by atoms with E-state index < -0.39 is 0 Å².